The first-order chi connectivity index (χ1) is 7.16. The number of hydrogen-bond acceptors (Lipinski definition) is 3. The monoisotopic (exact) mass is 245 g/mol. The molecule has 0 bridgehead atoms. The maximum absolute atomic E-state index is 12.9. The first-order valence-corrected chi connectivity index (χ1v) is 4.18. The summed E-state index contributed by atoms with van der Waals surface area (Å²) in [6.45, 7) is 1.50. The number of carbonyl (C=O) groups excluding carboxylic acids is 1. The topological polar surface area (TPSA) is 72.6 Å². The Hall–Kier alpha value is -1.31. The first kappa shape index (κ1) is 14.7. The van der Waals surface area contributed by atoms with Crippen LogP contribution in [0.3, 0.4) is 0 Å². The van der Waals surface area contributed by atoms with E-state index in [0.717, 1.165) is 0 Å². The van der Waals surface area contributed by atoms with Gasteiger partial charge in [-0.15, -0.1) is 0 Å². The molecule has 0 heterocycles. The zero-order valence-electron chi connectivity index (χ0n) is 8.29. The highest BCUT2D eigenvalue weighted by molar-refractivity contribution is 5.80. The summed E-state index contributed by atoms with van der Waals surface area (Å²) >= 11 is 0. The second-order valence-corrected chi connectivity index (χ2v) is 2.85. The summed E-state index contributed by atoms with van der Waals surface area (Å²) < 4.78 is 54.4. The van der Waals surface area contributed by atoms with Crippen molar-refractivity contribution >= 4 is 5.91 Å². The maximum Gasteiger partial charge on any atom is 0.424 e. The number of carbonyl (C=O) groups is 1. The molecule has 0 aromatic carbocycles. The average Bonchev–Trinajstić information content (AvgIpc) is 2.14. The lowest BCUT2D eigenvalue weighted by Gasteiger charge is -2.28. The van der Waals surface area contributed by atoms with Crippen LogP contribution >= 0.6 is 0 Å². The number of alkyl halides is 4. The van der Waals surface area contributed by atoms with Gasteiger partial charge in [0.25, 0.3) is 5.91 Å². The van der Waals surface area contributed by atoms with Crippen molar-refractivity contribution in [2.24, 2.45) is 5.73 Å². The van der Waals surface area contributed by atoms with Crippen LogP contribution in [-0.2, 0) is 9.53 Å². The first-order valence-electron chi connectivity index (χ1n) is 4.18. The van der Waals surface area contributed by atoms with E-state index in [1.165, 1.54) is 6.92 Å². The van der Waals surface area contributed by atoms with Crippen LogP contribution in [0.2, 0.25) is 0 Å². The Morgan fingerprint density at radius 2 is 2.06 bits per heavy atom. The second-order valence-electron chi connectivity index (χ2n) is 2.85. The number of rotatable bonds is 5. The molecule has 0 fully saturated rings. The van der Waals surface area contributed by atoms with Crippen molar-refractivity contribution in [3.05, 3.63) is 12.3 Å². The molecule has 8 heteroatoms. The molecular formula is C8H11F4NO3. The molecule has 2 unspecified atom stereocenters. The van der Waals surface area contributed by atoms with Gasteiger partial charge in [0, 0.05) is 0 Å². The number of hydrogen-bond donors (Lipinski definition) is 2. The van der Waals surface area contributed by atoms with E-state index in [9.17, 15) is 22.4 Å². The van der Waals surface area contributed by atoms with E-state index in [-0.39, 0.29) is 12.7 Å². The third-order valence-electron chi connectivity index (χ3n) is 1.68. The van der Waals surface area contributed by atoms with Crippen LogP contribution in [0.1, 0.15) is 6.92 Å². The van der Waals surface area contributed by atoms with Crippen LogP contribution < -0.4 is 5.73 Å². The summed E-state index contributed by atoms with van der Waals surface area (Å²) in [4.78, 5) is 10.3. The summed E-state index contributed by atoms with van der Waals surface area (Å²) in [6.07, 6.45) is -8.21. The Morgan fingerprint density at radius 1 is 1.56 bits per heavy atom. The van der Waals surface area contributed by atoms with E-state index in [1.807, 2.05) is 0 Å². The largest absolute Gasteiger partial charge is 0.502 e. The van der Waals surface area contributed by atoms with Crippen LogP contribution in [0.5, 0.6) is 0 Å². The lowest BCUT2D eigenvalue weighted by atomic mass is 9.96. The molecule has 0 rings (SSSR count). The van der Waals surface area contributed by atoms with Gasteiger partial charge in [0.2, 0.25) is 11.8 Å². The third-order valence-corrected chi connectivity index (χ3v) is 1.68. The van der Waals surface area contributed by atoms with Gasteiger partial charge in [-0.3, -0.25) is 4.79 Å². The normalized spacial score (nSPS) is 18.1. The standard InChI is InChI=1S/C8H11F4NO3/c1-2-16-4-3-7(15,8(10,11)12)5(9)6(13)14/h3-5,15H,2H2,1H3,(H2,13,14)/b4-3+. The van der Waals surface area contributed by atoms with Crippen molar-refractivity contribution in [2.45, 2.75) is 24.9 Å². The number of amides is 1. The molecule has 0 saturated heterocycles. The smallest absolute Gasteiger partial charge is 0.424 e. The number of nitrogens with two attached hydrogens (primary N) is 1. The van der Waals surface area contributed by atoms with Gasteiger partial charge in [-0.05, 0) is 13.0 Å². The third kappa shape index (κ3) is 3.09. The second kappa shape index (κ2) is 5.15. The summed E-state index contributed by atoms with van der Waals surface area (Å²) in [5.74, 6) is -1.92. The van der Waals surface area contributed by atoms with Crippen LogP contribution in [0.15, 0.2) is 12.3 Å². The Balaban J connectivity index is 5.12. The Kier molecular flexibility index (Phi) is 4.73. The molecule has 0 aliphatic rings. The highest BCUT2D eigenvalue weighted by atomic mass is 19.4. The van der Waals surface area contributed by atoms with Crippen molar-refractivity contribution < 1.29 is 32.2 Å². The highest BCUT2D eigenvalue weighted by Crippen LogP contribution is 2.35. The fourth-order valence-corrected chi connectivity index (χ4v) is 0.788. The fraction of sp³-hybridized carbons (Fsp3) is 0.625. The van der Waals surface area contributed by atoms with E-state index in [2.05, 4.69) is 10.5 Å². The molecule has 94 valence electrons. The van der Waals surface area contributed by atoms with E-state index in [4.69, 9.17) is 5.11 Å². The quantitative estimate of drug-likeness (QED) is 0.552. The van der Waals surface area contributed by atoms with Gasteiger partial charge in [0.05, 0.1) is 12.9 Å². The molecule has 0 spiro atoms. The summed E-state index contributed by atoms with van der Waals surface area (Å²) in [5, 5.41) is 9.05. The molecule has 0 saturated carbocycles. The van der Waals surface area contributed by atoms with Gasteiger partial charge in [0.15, 0.2) is 0 Å². The number of ether oxygens (including phenoxy) is 1. The fourth-order valence-electron chi connectivity index (χ4n) is 0.788. The van der Waals surface area contributed by atoms with E-state index in [1.54, 1.807) is 0 Å². The molecule has 0 aromatic rings. The van der Waals surface area contributed by atoms with E-state index >= 15 is 0 Å². The molecule has 16 heavy (non-hydrogen) atoms. The van der Waals surface area contributed by atoms with Gasteiger partial charge in [-0.2, -0.15) is 13.2 Å². The maximum atomic E-state index is 12.9. The molecule has 0 radical (unpaired) electrons. The zero-order chi connectivity index (χ0) is 13.0. The summed E-state index contributed by atoms with van der Waals surface area (Å²) in [6, 6.07) is 0. The molecule has 3 N–H and O–H groups in total. The zero-order valence-corrected chi connectivity index (χ0v) is 8.29. The predicted molar refractivity (Wildman–Crippen MR) is 45.9 cm³/mol. The lowest BCUT2D eigenvalue weighted by molar-refractivity contribution is -0.256. The van der Waals surface area contributed by atoms with Gasteiger partial charge < -0.3 is 15.6 Å². The lowest BCUT2D eigenvalue weighted by Crippen LogP contribution is -2.55. The minimum Gasteiger partial charge on any atom is -0.502 e. The molecule has 0 aliphatic carbocycles. The van der Waals surface area contributed by atoms with Crippen molar-refractivity contribution in [3.8, 4) is 0 Å². The molecule has 2 atom stereocenters. The molecule has 1 amide bonds. The minimum absolute atomic E-state index is 0.00588. The number of halogens is 4. The van der Waals surface area contributed by atoms with Crippen LogP contribution in [-0.4, -0.2) is 35.6 Å². The van der Waals surface area contributed by atoms with Gasteiger partial charge >= 0.3 is 6.18 Å². The van der Waals surface area contributed by atoms with E-state index < -0.39 is 23.9 Å². The molecule has 0 aromatic heterocycles. The summed E-state index contributed by atoms with van der Waals surface area (Å²) in [5.41, 5.74) is 0.396. The molecule has 4 nitrogen and oxygen atoms in total. The van der Waals surface area contributed by atoms with Gasteiger partial charge in [-0.1, -0.05) is 0 Å². The Morgan fingerprint density at radius 3 is 2.38 bits per heavy atom. The molecule has 0 aliphatic heterocycles. The van der Waals surface area contributed by atoms with Crippen molar-refractivity contribution in [1.82, 2.24) is 0 Å². The SMILES string of the molecule is CCO/C=C/C(O)(C(F)C(N)=O)C(F)(F)F. The average molecular weight is 245 g/mol. The number of primary amides is 1. The van der Waals surface area contributed by atoms with Crippen LogP contribution in [0.25, 0.3) is 0 Å². The number of aliphatic hydroxyl groups is 1. The molecular weight excluding hydrogens is 234 g/mol. The van der Waals surface area contributed by atoms with Crippen molar-refractivity contribution in [3.63, 3.8) is 0 Å². The van der Waals surface area contributed by atoms with E-state index in [0.29, 0.717) is 6.26 Å². The van der Waals surface area contributed by atoms with Gasteiger partial charge in [0.1, 0.15) is 0 Å². The van der Waals surface area contributed by atoms with Crippen LogP contribution in [0, 0.1) is 0 Å². The van der Waals surface area contributed by atoms with Gasteiger partial charge in [-0.25, -0.2) is 4.39 Å². The van der Waals surface area contributed by atoms with Crippen molar-refractivity contribution in [1.29, 1.82) is 0 Å². The Bertz CT molecular complexity index is 279. The Labute approximate surface area is 88.7 Å². The highest BCUT2D eigenvalue weighted by Gasteiger charge is 2.60. The van der Waals surface area contributed by atoms with Crippen LogP contribution in [0.4, 0.5) is 17.6 Å². The predicted octanol–water partition coefficient (Wildman–Crippen LogP) is 0.653. The van der Waals surface area contributed by atoms with Crippen molar-refractivity contribution in [2.75, 3.05) is 6.61 Å². The minimum atomic E-state index is -5.38. The summed E-state index contributed by atoms with van der Waals surface area (Å²) in [7, 11) is 0.